The number of fused-ring (bicyclic) bond motifs is 1. The number of nitrogens with one attached hydrogen (secondary N) is 2. The molecule has 0 radical (unpaired) electrons. The SMILES string of the molecule is COCC1(CNC(=O)c2coc3ccccc23)CCNCC1. The minimum absolute atomic E-state index is 0.0230. The molecule has 1 aromatic heterocycles. The van der Waals surface area contributed by atoms with E-state index in [4.69, 9.17) is 9.15 Å². The number of rotatable bonds is 5. The van der Waals surface area contributed by atoms with Crippen LogP contribution in [0.25, 0.3) is 11.0 Å². The van der Waals surface area contributed by atoms with Crippen LogP contribution in [-0.2, 0) is 4.74 Å². The first-order chi connectivity index (χ1) is 10.7. The lowest BCUT2D eigenvalue weighted by atomic mass is 9.79. The highest BCUT2D eigenvalue weighted by molar-refractivity contribution is 6.05. The molecule has 2 aromatic rings. The summed E-state index contributed by atoms with van der Waals surface area (Å²) >= 11 is 0. The van der Waals surface area contributed by atoms with E-state index in [9.17, 15) is 4.79 Å². The Morgan fingerprint density at radius 2 is 2.14 bits per heavy atom. The van der Waals surface area contributed by atoms with Crippen molar-refractivity contribution >= 4 is 16.9 Å². The molecule has 5 nitrogen and oxygen atoms in total. The minimum Gasteiger partial charge on any atom is -0.463 e. The van der Waals surface area contributed by atoms with Gasteiger partial charge in [0, 0.05) is 24.5 Å². The zero-order valence-electron chi connectivity index (χ0n) is 12.9. The van der Waals surface area contributed by atoms with Crippen molar-refractivity contribution in [2.24, 2.45) is 5.41 Å². The van der Waals surface area contributed by atoms with E-state index in [2.05, 4.69) is 10.6 Å². The third-order valence-electron chi connectivity index (χ3n) is 4.46. The van der Waals surface area contributed by atoms with Crippen LogP contribution in [0, 0.1) is 5.41 Å². The molecule has 2 heterocycles. The molecule has 1 saturated heterocycles. The van der Waals surface area contributed by atoms with Crippen molar-refractivity contribution in [3.63, 3.8) is 0 Å². The van der Waals surface area contributed by atoms with E-state index in [1.807, 2.05) is 24.3 Å². The van der Waals surface area contributed by atoms with E-state index in [1.54, 1.807) is 7.11 Å². The maximum Gasteiger partial charge on any atom is 0.255 e. The lowest BCUT2D eigenvalue weighted by Gasteiger charge is -2.37. The van der Waals surface area contributed by atoms with E-state index in [0.29, 0.717) is 18.7 Å². The Balaban J connectivity index is 1.71. The van der Waals surface area contributed by atoms with Crippen LogP contribution in [0.3, 0.4) is 0 Å². The van der Waals surface area contributed by atoms with Crippen molar-refractivity contribution in [3.8, 4) is 0 Å². The Morgan fingerprint density at radius 1 is 1.36 bits per heavy atom. The molecule has 0 aliphatic carbocycles. The van der Waals surface area contributed by atoms with Gasteiger partial charge < -0.3 is 19.8 Å². The summed E-state index contributed by atoms with van der Waals surface area (Å²) in [7, 11) is 1.72. The van der Waals surface area contributed by atoms with E-state index in [0.717, 1.165) is 36.9 Å². The number of piperidine rings is 1. The Kier molecular flexibility index (Phi) is 4.45. The molecular formula is C17H22N2O3. The third-order valence-corrected chi connectivity index (χ3v) is 4.46. The molecule has 1 aromatic carbocycles. The van der Waals surface area contributed by atoms with Crippen LogP contribution in [0.5, 0.6) is 0 Å². The zero-order valence-corrected chi connectivity index (χ0v) is 12.9. The van der Waals surface area contributed by atoms with Crippen LogP contribution in [0.4, 0.5) is 0 Å². The second-order valence-corrected chi connectivity index (χ2v) is 6.01. The van der Waals surface area contributed by atoms with E-state index in [1.165, 1.54) is 6.26 Å². The van der Waals surface area contributed by atoms with Crippen molar-refractivity contribution in [2.75, 3.05) is 33.4 Å². The molecule has 22 heavy (non-hydrogen) atoms. The predicted molar refractivity (Wildman–Crippen MR) is 85.0 cm³/mol. The van der Waals surface area contributed by atoms with Gasteiger partial charge in [-0.2, -0.15) is 0 Å². The van der Waals surface area contributed by atoms with E-state index < -0.39 is 0 Å². The van der Waals surface area contributed by atoms with Crippen LogP contribution in [0.15, 0.2) is 34.9 Å². The number of furan rings is 1. The maximum absolute atomic E-state index is 12.5. The van der Waals surface area contributed by atoms with Crippen molar-refractivity contribution in [2.45, 2.75) is 12.8 Å². The zero-order chi connectivity index (χ0) is 15.4. The van der Waals surface area contributed by atoms with E-state index in [-0.39, 0.29) is 11.3 Å². The lowest BCUT2D eigenvalue weighted by molar-refractivity contribution is 0.0512. The molecule has 2 N–H and O–H groups in total. The fraction of sp³-hybridized carbons (Fsp3) is 0.471. The van der Waals surface area contributed by atoms with Gasteiger partial charge in [0.1, 0.15) is 11.8 Å². The average molecular weight is 302 g/mol. The number of hydrogen-bond acceptors (Lipinski definition) is 4. The molecule has 0 saturated carbocycles. The Morgan fingerprint density at radius 3 is 2.91 bits per heavy atom. The molecular weight excluding hydrogens is 280 g/mol. The summed E-state index contributed by atoms with van der Waals surface area (Å²) in [6.07, 6.45) is 3.55. The topological polar surface area (TPSA) is 63.5 Å². The van der Waals surface area contributed by atoms with Gasteiger partial charge in [0.25, 0.3) is 5.91 Å². The number of para-hydroxylation sites is 1. The fourth-order valence-electron chi connectivity index (χ4n) is 3.15. The lowest BCUT2D eigenvalue weighted by Crippen LogP contribution is -2.47. The highest BCUT2D eigenvalue weighted by Gasteiger charge is 2.32. The predicted octanol–water partition coefficient (Wildman–Crippen LogP) is 2.18. The van der Waals surface area contributed by atoms with Crippen LogP contribution in [-0.4, -0.2) is 39.3 Å². The Bertz CT molecular complexity index is 639. The standard InChI is InChI=1S/C17H22N2O3/c1-21-12-17(6-8-18-9-7-17)11-19-16(20)14-10-22-15-5-3-2-4-13(14)15/h2-5,10,18H,6-9,11-12H2,1H3,(H,19,20). The number of carbonyl (C=O) groups excluding carboxylic acids is 1. The van der Waals surface area contributed by atoms with Crippen LogP contribution in [0.1, 0.15) is 23.2 Å². The largest absolute Gasteiger partial charge is 0.463 e. The number of methoxy groups -OCH3 is 1. The molecule has 118 valence electrons. The molecule has 0 atom stereocenters. The van der Waals surface area contributed by atoms with Gasteiger partial charge in [0.2, 0.25) is 0 Å². The third kappa shape index (κ3) is 3.00. The summed E-state index contributed by atoms with van der Waals surface area (Å²) in [6, 6.07) is 7.58. The molecule has 1 fully saturated rings. The van der Waals surface area contributed by atoms with E-state index >= 15 is 0 Å². The van der Waals surface area contributed by atoms with Crippen molar-refractivity contribution in [1.82, 2.24) is 10.6 Å². The summed E-state index contributed by atoms with van der Waals surface area (Å²) < 4.78 is 10.8. The van der Waals surface area contributed by atoms with Crippen LogP contribution in [0.2, 0.25) is 0 Å². The minimum atomic E-state index is -0.0843. The maximum atomic E-state index is 12.5. The van der Waals surface area contributed by atoms with Crippen molar-refractivity contribution in [3.05, 3.63) is 36.1 Å². The van der Waals surface area contributed by atoms with Gasteiger partial charge in [0.05, 0.1) is 12.2 Å². The van der Waals surface area contributed by atoms with Gasteiger partial charge in [-0.1, -0.05) is 18.2 Å². The molecule has 1 aliphatic heterocycles. The smallest absolute Gasteiger partial charge is 0.255 e. The quantitative estimate of drug-likeness (QED) is 0.888. The van der Waals surface area contributed by atoms with Gasteiger partial charge in [-0.15, -0.1) is 0 Å². The Hall–Kier alpha value is -1.85. The second kappa shape index (κ2) is 6.50. The van der Waals surface area contributed by atoms with Crippen molar-refractivity contribution in [1.29, 1.82) is 0 Å². The van der Waals surface area contributed by atoms with Gasteiger partial charge in [-0.25, -0.2) is 0 Å². The molecule has 0 spiro atoms. The molecule has 5 heteroatoms. The summed E-state index contributed by atoms with van der Waals surface area (Å²) in [5.74, 6) is -0.0843. The highest BCUT2D eigenvalue weighted by Crippen LogP contribution is 2.28. The average Bonchev–Trinajstić information content (AvgIpc) is 2.98. The van der Waals surface area contributed by atoms with Gasteiger partial charge in [-0.05, 0) is 32.0 Å². The van der Waals surface area contributed by atoms with Gasteiger partial charge in [0.15, 0.2) is 0 Å². The van der Waals surface area contributed by atoms with Crippen molar-refractivity contribution < 1.29 is 13.9 Å². The van der Waals surface area contributed by atoms with Gasteiger partial charge >= 0.3 is 0 Å². The molecule has 1 amide bonds. The first-order valence-electron chi connectivity index (χ1n) is 7.68. The van der Waals surface area contributed by atoms with Gasteiger partial charge in [-0.3, -0.25) is 4.79 Å². The van der Waals surface area contributed by atoms with Crippen LogP contribution >= 0.6 is 0 Å². The first kappa shape index (κ1) is 15.1. The number of ether oxygens (including phenoxy) is 1. The number of amides is 1. The number of carbonyl (C=O) groups is 1. The summed E-state index contributed by atoms with van der Waals surface area (Å²) in [6.45, 7) is 3.23. The summed E-state index contributed by atoms with van der Waals surface area (Å²) in [5, 5.41) is 7.27. The normalized spacial score (nSPS) is 17.5. The summed E-state index contributed by atoms with van der Waals surface area (Å²) in [4.78, 5) is 12.5. The summed E-state index contributed by atoms with van der Waals surface area (Å²) in [5.41, 5.74) is 1.35. The fourth-order valence-corrected chi connectivity index (χ4v) is 3.15. The first-order valence-corrected chi connectivity index (χ1v) is 7.68. The molecule has 0 bridgehead atoms. The highest BCUT2D eigenvalue weighted by atomic mass is 16.5. The monoisotopic (exact) mass is 302 g/mol. The Labute approximate surface area is 130 Å². The molecule has 3 rings (SSSR count). The number of benzene rings is 1. The second-order valence-electron chi connectivity index (χ2n) is 6.01. The molecule has 1 aliphatic rings. The van der Waals surface area contributed by atoms with Crippen LogP contribution < -0.4 is 10.6 Å². The molecule has 0 unspecified atom stereocenters. The number of hydrogen-bond donors (Lipinski definition) is 2.